The minimum Gasteiger partial charge on any atom is -0.309 e. The van der Waals surface area contributed by atoms with Crippen LogP contribution in [0.25, 0.3) is 0 Å². The molecule has 0 saturated heterocycles. The van der Waals surface area contributed by atoms with Crippen molar-refractivity contribution in [1.29, 1.82) is 0 Å². The summed E-state index contributed by atoms with van der Waals surface area (Å²) in [5, 5.41) is 3.20. The van der Waals surface area contributed by atoms with Crippen molar-refractivity contribution in [3.63, 3.8) is 0 Å². The third kappa shape index (κ3) is 1.64. The van der Waals surface area contributed by atoms with Gasteiger partial charge in [-0.15, -0.1) is 11.8 Å². The molecular weight excluding hydrogens is 204 g/mol. The Kier molecular flexibility index (Phi) is 2.74. The number of hydrogen-bond donors (Lipinski definition) is 1. The first kappa shape index (κ1) is 9.93. The number of thioether (sulfide) groups is 1. The Morgan fingerprint density at radius 3 is 3.00 bits per heavy atom. The third-order valence-electron chi connectivity index (χ3n) is 2.26. The van der Waals surface area contributed by atoms with E-state index in [0.29, 0.717) is 4.90 Å². The van der Waals surface area contributed by atoms with E-state index < -0.39 is 11.6 Å². The highest BCUT2D eigenvalue weighted by molar-refractivity contribution is 7.99. The Hall–Kier alpha value is -0.610. The van der Waals surface area contributed by atoms with Gasteiger partial charge in [-0.3, -0.25) is 0 Å². The summed E-state index contributed by atoms with van der Waals surface area (Å²) in [6.45, 7) is 2.79. The molecular formula is C10H11F2NS. The molecule has 14 heavy (non-hydrogen) atoms. The van der Waals surface area contributed by atoms with E-state index in [9.17, 15) is 8.78 Å². The first-order chi connectivity index (χ1) is 6.72. The standard InChI is InChI=1S/C10H11F2NS/c1-2-13-9-5-14-10-7(9)3-6(11)4-8(10)12/h3-4,9,13H,2,5H2,1H3. The van der Waals surface area contributed by atoms with Crippen molar-refractivity contribution in [2.75, 3.05) is 12.3 Å². The van der Waals surface area contributed by atoms with Gasteiger partial charge in [-0.2, -0.15) is 0 Å². The molecule has 1 N–H and O–H groups in total. The SMILES string of the molecule is CCNC1CSc2c(F)cc(F)cc21. The van der Waals surface area contributed by atoms with Crippen LogP contribution in [0.2, 0.25) is 0 Å². The van der Waals surface area contributed by atoms with Crippen molar-refractivity contribution < 1.29 is 8.78 Å². The lowest BCUT2D eigenvalue weighted by atomic mass is 10.1. The fourth-order valence-corrected chi connectivity index (χ4v) is 2.86. The predicted octanol–water partition coefficient (Wildman–Crippen LogP) is 2.72. The largest absolute Gasteiger partial charge is 0.309 e. The molecule has 1 nitrogen and oxygen atoms in total. The molecule has 0 saturated carbocycles. The molecule has 1 atom stereocenters. The van der Waals surface area contributed by atoms with E-state index in [4.69, 9.17) is 0 Å². The number of fused-ring (bicyclic) bond motifs is 1. The van der Waals surface area contributed by atoms with E-state index in [-0.39, 0.29) is 6.04 Å². The predicted molar refractivity (Wildman–Crippen MR) is 53.5 cm³/mol. The lowest BCUT2D eigenvalue weighted by molar-refractivity contribution is 0.544. The molecule has 1 aliphatic rings. The smallest absolute Gasteiger partial charge is 0.140 e. The van der Waals surface area contributed by atoms with Gasteiger partial charge in [0.1, 0.15) is 11.6 Å². The van der Waals surface area contributed by atoms with Crippen LogP contribution in [0, 0.1) is 11.6 Å². The van der Waals surface area contributed by atoms with Gasteiger partial charge >= 0.3 is 0 Å². The summed E-state index contributed by atoms with van der Waals surface area (Å²) in [5.74, 6) is -0.152. The number of halogens is 2. The van der Waals surface area contributed by atoms with Gasteiger partial charge < -0.3 is 5.32 Å². The highest BCUT2D eigenvalue weighted by Gasteiger charge is 2.25. The summed E-state index contributed by atoms with van der Waals surface area (Å²) in [6.07, 6.45) is 0. The Labute approximate surface area is 85.9 Å². The Balaban J connectivity index is 2.38. The Morgan fingerprint density at radius 1 is 1.50 bits per heavy atom. The van der Waals surface area contributed by atoms with Gasteiger partial charge in [0.25, 0.3) is 0 Å². The molecule has 0 aliphatic carbocycles. The van der Waals surface area contributed by atoms with Crippen LogP contribution in [0.4, 0.5) is 8.78 Å². The molecule has 76 valence electrons. The summed E-state index contributed by atoms with van der Waals surface area (Å²) >= 11 is 1.45. The molecule has 0 amide bonds. The summed E-state index contributed by atoms with van der Waals surface area (Å²) in [7, 11) is 0. The summed E-state index contributed by atoms with van der Waals surface area (Å²) in [6, 6.07) is 2.46. The van der Waals surface area contributed by atoms with Crippen LogP contribution in [0.3, 0.4) is 0 Å². The second-order valence-corrected chi connectivity index (χ2v) is 4.26. The van der Waals surface area contributed by atoms with E-state index in [0.717, 1.165) is 23.9 Å². The minimum absolute atomic E-state index is 0.0881. The fraction of sp³-hybridized carbons (Fsp3) is 0.400. The van der Waals surface area contributed by atoms with Crippen molar-refractivity contribution in [3.8, 4) is 0 Å². The van der Waals surface area contributed by atoms with Gasteiger partial charge in [0.2, 0.25) is 0 Å². The van der Waals surface area contributed by atoms with Gasteiger partial charge in [0.15, 0.2) is 0 Å². The highest BCUT2D eigenvalue weighted by atomic mass is 32.2. The maximum absolute atomic E-state index is 13.3. The molecule has 1 heterocycles. The Bertz CT molecular complexity index is 354. The van der Waals surface area contributed by atoms with Crippen molar-refractivity contribution in [2.45, 2.75) is 17.9 Å². The van der Waals surface area contributed by atoms with Gasteiger partial charge in [-0.25, -0.2) is 8.78 Å². The van der Waals surface area contributed by atoms with Gasteiger partial charge in [0, 0.05) is 22.8 Å². The molecule has 0 fully saturated rings. The van der Waals surface area contributed by atoms with Crippen LogP contribution in [0.1, 0.15) is 18.5 Å². The zero-order valence-corrected chi connectivity index (χ0v) is 8.63. The van der Waals surface area contributed by atoms with Crippen LogP contribution in [0.5, 0.6) is 0 Å². The van der Waals surface area contributed by atoms with Gasteiger partial charge in [0.05, 0.1) is 0 Å². The third-order valence-corrected chi connectivity index (χ3v) is 3.48. The first-order valence-corrected chi connectivity index (χ1v) is 5.56. The molecule has 1 aromatic carbocycles. The highest BCUT2D eigenvalue weighted by Crippen LogP contribution is 2.40. The van der Waals surface area contributed by atoms with Crippen molar-refractivity contribution in [1.82, 2.24) is 5.32 Å². The van der Waals surface area contributed by atoms with E-state index in [1.165, 1.54) is 17.8 Å². The fourth-order valence-electron chi connectivity index (χ4n) is 1.66. The van der Waals surface area contributed by atoms with Crippen molar-refractivity contribution in [2.24, 2.45) is 0 Å². The molecule has 0 spiro atoms. The van der Waals surface area contributed by atoms with Crippen LogP contribution >= 0.6 is 11.8 Å². The van der Waals surface area contributed by atoms with E-state index in [1.807, 2.05) is 6.92 Å². The van der Waals surface area contributed by atoms with E-state index >= 15 is 0 Å². The van der Waals surface area contributed by atoms with Gasteiger partial charge in [-0.05, 0) is 18.2 Å². The number of hydrogen-bond acceptors (Lipinski definition) is 2. The van der Waals surface area contributed by atoms with Crippen LogP contribution in [-0.4, -0.2) is 12.3 Å². The first-order valence-electron chi connectivity index (χ1n) is 4.57. The van der Waals surface area contributed by atoms with Gasteiger partial charge in [-0.1, -0.05) is 6.92 Å². The average Bonchev–Trinajstić information content (AvgIpc) is 2.49. The zero-order valence-electron chi connectivity index (χ0n) is 7.81. The lowest BCUT2D eigenvalue weighted by Crippen LogP contribution is -2.20. The number of nitrogens with one attached hydrogen (secondary N) is 1. The van der Waals surface area contributed by atoms with Crippen molar-refractivity contribution >= 4 is 11.8 Å². The second-order valence-electron chi connectivity index (χ2n) is 3.23. The molecule has 1 unspecified atom stereocenters. The van der Waals surface area contributed by atoms with Crippen LogP contribution in [-0.2, 0) is 0 Å². The summed E-state index contributed by atoms with van der Waals surface area (Å²) < 4.78 is 26.2. The molecule has 0 radical (unpaired) electrons. The topological polar surface area (TPSA) is 12.0 Å². The minimum atomic E-state index is -0.494. The van der Waals surface area contributed by atoms with E-state index in [1.54, 1.807) is 0 Å². The molecule has 0 aromatic heterocycles. The molecule has 4 heteroatoms. The second kappa shape index (κ2) is 3.87. The van der Waals surface area contributed by atoms with Crippen LogP contribution in [0.15, 0.2) is 17.0 Å². The molecule has 1 aromatic rings. The monoisotopic (exact) mass is 215 g/mol. The lowest BCUT2D eigenvalue weighted by Gasteiger charge is -2.11. The quantitative estimate of drug-likeness (QED) is 0.814. The van der Waals surface area contributed by atoms with Crippen LogP contribution < -0.4 is 5.32 Å². The number of rotatable bonds is 2. The zero-order chi connectivity index (χ0) is 10.1. The number of benzene rings is 1. The summed E-state index contributed by atoms with van der Waals surface area (Å²) in [5.41, 5.74) is 0.759. The molecule has 0 bridgehead atoms. The maximum Gasteiger partial charge on any atom is 0.140 e. The Morgan fingerprint density at radius 2 is 2.29 bits per heavy atom. The summed E-state index contributed by atoms with van der Waals surface area (Å²) in [4.78, 5) is 0.595. The maximum atomic E-state index is 13.3. The molecule has 1 aliphatic heterocycles. The van der Waals surface area contributed by atoms with E-state index in [2.05, 4.69) is 5.32 Å². The molecule has 2 rings (SSSR count). The van der Waals surface area contributed by atoms with Crippen molar-refractivity contribution in [3.05, 3.63) is 29.3 Å². The average molecular weight is 215 g/mol. The normalized spacial score (nSPS) is 19.8.